The molecule has 0 aliphatic rings. The molecule has 0 aromatic rings. The molecule has 0 heterocycles. The summed E-state index contributed by atoms with van der Waals surface area (Å²) in [5, 5.41) is 0. The second-order valence-electron chi connectivity index (χ2n) is 1.34. The van der Waals surface area contributed by atoms with E-state index >= 15 is 0 Å². The molecule has 0 saturated heterocycles. The minimum atomic E-state index is -0.523. The van der Waals surface area contributed by atoms with Crippen molar-refractivity contribution in [3.8, 4) is 0 Å². The van der Waals surface area contributed by atoms with E-state index in [0.717, 1.165) is 0 Å². The van der Waals surface area contributed by atoms with Gasteiger partial charge in [0.2, 0.25) is 0 Å². The number of ether oxygens (including phenoxy) is 2. The maximum absolute atomic E-state index is 4.97. The molecule has 0 saturated carbocycles. The first kappa shape index (κ1) is 9.41. The Morgan fingerprint density at radius 1 is 1.33 bits per heavy atom. The molecule has 0 bridgehead atoms. The van der Waals surface area contributed by atoms with Gasteiger partial charge in [0.05, 0.1) is 0 Å². The Kier molecular flexibility index (Phi) is 6.83. The van der Waals surface area contributed by atoms with Gasteiger partial charge in [-0.2, -0.15) is 0 Å². The zero-order valence-electron chi connectivity index (χ0n) is 7.79. The van der Waals surface area contributed by atoms with Crippen molar-refractivity contribution in [3.05, 3.63) is 0 Å². The van der Waals surface area contributed by atoms with Crippen molar-refractivity contribution in [3.63, 3.8) is 0 Å². The van der Waals surface area contributed by atoms with E-state index in [-0.39, 0.29) is 2.85 Å². The first-order valence-electron chi connectivity index (χ1n) is 2.93. The molecule has 0 N–H and O–H groups in total. The van der Waals surface area contributed by atoms with Crippen LogP contribution in [-0.2, 0) is 13.3 Å². The van der Waals surface area contributed by atoms with Crippen LogP contribution in [0.15, 0.2) is 0 Å². The summed E-state index contributed by atoms with van der Waals surface area (Å²) < 4.78 is 14.6. The molecule has 4 heteroatoms. The molecule has 0 aromatic carbocycles. The molecule has 0 aliphatic heterocycles. The minimum absolute atomic E-state index is 0. The standard InChI is InChI=1S/C5H11O3.Al.2H/c1-3-7-5(6)8-4-2;;;/h5H,3-4H2,1-2H3;;;/q-1;+3;2*-1. The summed E-state index contributed by atoms with van der Waals surface area (Å²) in [6.45, 7) is 4.44. The van der Waals surface area contributed by atoms with Crippen LogP contribution in [0.25, 0.3) is 0 Å². The summed E-state index contributed by atoms with van der Waals surface area (Å²) in [7, 11) is 0. The van der Waals surface area contributed by atoms with E-state index in [4.69, 9.17) is 13.3 Å². The second-order valence-corrected chi connectivity index (χ2v) is 1.61. The van der Waals surface area contributed by atoms with Gasteiger partial charge in [-0.1, -0.05) is 0 Å². The zero-order chi connectivity index (χ0) is 7.11. The van der Waals surface area contributed by atoms with Gasteiger partial charge in [-0.05, 0) is 0 Å². The first-order valence-corrected chi connectivity index (χ1v) is 3.41. The van der Waals surface area contributed by atoms with E-state index in [1.807, 2.05) is 13.8 Å². The molecule has 0 amide bonds. The summed E-state index contributed by atoms with van der Waals surface area (Å²) >= 11 is 2.09. The maximum Gasteiger partial charge on any atom is -1.00 e. The summed E-state index contributed by atoms with van der Waals surface area (Å²) in [4.78, 5) is 0. The Bertz CT molecular complexity index is 61.7. The van der Waals surface area contributed by atoms with Gasteiger partial charge in [-0.25, -0.2) is 0 Å². The average Bonchev–Trinajstić information content (AvgIpc) is 1.88. The molecule has 0 aliphatic carbocycles. The molecule has 54 valence electrons. The Morgan fingerprint density at radius 3 is 2.00 bits per heavy atom. The summed E-state index contributed by atoms with van der Waals surface area (Å²) in [6.07, 6.45) is 0. The SMILES string of the molecule is CCOC([O][Al+2])OCC.[H-].[H-]. The molecule has 0 fully saturated rings. The summed E-state index contributed by atoms with van der Waals surface area (Å²) in [6, 6.07) is 0. The fourth-order valence-electron chi connectivity index (χ4n) is 0.399. The van der Waals surface area contributed by atoms with E-state index in [0.29, 0.717) is 13.2 Å². The van der Waals surface area contributed by atoms with Crippen LogP contribution in [0.1, 0.15) is 16.7 Å². The smallest absolute Gasteiger partial charge is 1.00 e. The molecule has 0 unspecified atom stereocenters. The molecule has 9 heavy (non-hydrogen) atoms. The van der Waals surface area contributed by atoms with Gasteiger partial charge in [0.25, 0.3) is 0 Å². The van der Waals surface area contributed by atoms with Crippen LogP contribution in [-0.4, -0.2) is 36.3 Å². The molecular formula is C5H13AlO3. The van der Waals surface area contributed by atoms with Crippen molar-refractivity contribution in [2.45, 2.75) is 20.3 Å². The zero-order valence-corrected chi connectivity index (χ0v) is 6.95. The van der Waals surface area contributed by atoms with Crippen LogP contribution in [0.4, 0.5) is 0 Å². The van der Waals surface area contributed by atoms with E-state index in [1.165, 1.54) is 0 Å². The third-order valence-electron chi connectivity index (χ3n) is 0.717. The van der Waals surface area contributed by atoms with Crippen LogP contribution < -0.4 is 0 Å². The van der Waals surface area contributed by atoms with E-state index < -0.39 is 6.48 Å². The summed E-state index contributed by atoms with van der Waals surface area (Å²) in [5.41, 5.74) is 0. The molecule has 0 spiro atoms. The molecule has 3 nitrogen and oxygen atoms in total. The Hall–Kier alpha value is 0.412. The van der Waals surface area contributed by atoms with Crippen molar-refractivity contribution >= 4 is 16.6 Å². The first-order chi connectivity index (χ1) is 4.35. The third-order valence-corrected chi connectivity index (χ3v) is 0.939. The topological polar surface area (TPSA) is 27.7 Å². The van der Waals surface area contributed by atoms with Gasteiger partial charge in [0.1, 0.15) is 0 Å². The fraction of sp³-hybridized carbons (Fsp3) is 1.00. The summed E-state index contributed by atoms with van der Waals surface area (Å²) in [5.74, 6) is 0. The normalized spacial score (nSPS) is 10.8. The van der Waals surface area contributed by atoms with Crippen LogP contribution in [0.5, 0.6) is 0 Å². The molecule has 0 rings (SSSR count). The van der Waals surface area contributed by atoms with Gasteiger partial charge < -0.3 is 2.85 Å². The quantitative estimate of drug-likeness (QED) is 0.423. The second kappa shape index (κ2) is 6.53. The average molecular weight is 148 g/mol. The predicted molar refractivity (Wildman–Crippen MR) is 36.1 cm³/mol. The van der Waals surface area contributed by atoms with Crippen molar-refractivity contribution in [1.29, 1.82) is 0 Å². The molecule has 0 radical (unpaired) electrons. The number of hydrogen-bond donors (Lipinski definition) is 0. The van der Waals surface area contributed by atoms with Crippen LogP contribution >= 0.6 is 0 Å². The number of hydrogen-bond acceptors (Lipinski definition) is 3. The van der Waals surface area contributed by atoms with Gasteiger partial charge in [-0.15, -0.1) is 0 Å². The van der Waals surface area contributed by atoms with Crippen molar-refractivity contribution in [2.75, 3.05) is 13.2 Å². The maximum atomic E-state index is 4.97. The monoisotopic (exact) mass is 148 g/mol. The van der Waals surface area contributed by atoms with E-state index in [2.05, 4.69) is 16.6 Å². The van der Waals surface area contributed by atoms with Crippen molar-refractivity contribution in [2.24, 2.45) is 0 Å². The van der Waals surface area contributed by atoms with Gasteiger partial charge in [0, 0.05) is 0 Å². The van der Waals surface area contributed by atoms with Crippen LogP contribution in [0.2, 0.25) is 0 Å². The third kappa shape index (κ3) is 4.89. The largest absolute Gasteiger partial charge is 1.00 e. The van der Waals surface area contributed by atoms with Gasteiger partial charge in [0.15, 0.2) is 0 Å². The van der Waals surface area contributed by atoms with Gasteiger partial charge >= 0.3 is 63.4 Å². The molecular weight excluding hydrogens is 135 g/mol. The van der Waals surface area contributed by atoms with Crippen molar-refractivity contribution in [1.82, 2.24) is 0 Å². The van der Waals surface area contributed by atoms with Gasteiger partial charge in [-0.3, -0.25) is 0 Å². The Labute approximate surface area is 67.0 Å². The number of rotatable bonds is 5. The van der Waals surface area contributed by atoms with E-state index in [9.17, 15) is 0 Å². The Morgan fingerprint density at radius 2 is 1.78 bits per heavy atom. The Balaban J connectivity index is -0.000000320. The molecule has 0 aromatic heterocycles. The van der Waals surface area contributed by atoms with E-state index in [1.54, 1.807) is 0 Å². The van der Waals surface area contributed by atoms with Crippen LogP contribution in [0, 0.1) is 0 Å². The van der Waals surface area contributed by atoms with Crippen molar-refractivity contribution < 1.29 is 16.1 Å². The molecule has 0 atom stereocenters. The van der Waals surface area contributed by atoms with Crippen LogP contribution in [0.3, 0.4) is 0 Å². The minimum Gasteiger partial charge on any atom is -1.00 e. The fourth-order valence-corrected chi connectivity index (χ4v) is 0.556. The predicted octanol–water partition coefficient (Wildman–Crippen LogP) is 0.668.